The fraction of sp³-hybridized carbons (Fsp3) is 0.424. The van der Waals surface area contributed by atoms with Crippen LogP contribution in [0.1, 0.15) is 96.8 Å². The largest absolute Gasteiger partial charge is 0.385 e. The third-order valence-electron chi connectivity index (χ3n) is 9.55. The molecular weight excluding hydrogens is 572 g/mol. The van der Waals surface area contributed by atoms with Gasteiger partial charge in [0.2, 0.25) is 11.8 Å². The van der Waals surface area contributed by atoms with Crippen molar-refractivity contribution in [2.24, 2.45) is 5.92 Å². The fourth-order valence-electron chi connectivity index (χ4n) is 6.83. The number of fused-ring (bicyclic) bond motifs is 2. The smallest absolute Gasteiger partial charge is 0.262 e. The maximum atomic E-state index is 13.2. The standard InChI is InChI=1S/C33H34N8O4/c1-17(2)41-30-20(15-35-41)5-8-26(36-30)25-16-39(38-29(25)19-3-4-19)22-11-18(12-22)14-34-21-6-7-23-24(13-21)33(45)40(32(23)44)27-9-10-28(42)37-31(27)43/h5-8,13,15-19,22,27,34H,3-4,9-12,14H2,1-2H3,(H,37,42,43). The number of amides is 4. The first-order valence-corrected chi connectivity index (χ1v) is 15.8. The predicted octanol–water partition coefficient (Wildman–Crippen LogP) is 4.22. The number of imide groups is 2. The number of pyridine rings is 1. The lowest BCUT2D eigenvalue weighted by molar-refractivity contribution is -0.136. The number of benzene rings is 1. The zero-order valence-electron chi connectivity index (χ0n) is 25.2. The molecule has 0 bridgehead atoms. The first kappa shape index (κ1) is 27.7. The minimum Gasteiger partial charge on any atom is -0.385 e. The SMILES string of the molecule is CC(C)n1ncc2ccc(-c3cn(C4CC(CNc5ccc6c(c5)C(=O)N(C5CCC(=O)NC5=O)C6=O)C4)nc3C3CC3)nc21. The highest BCUT2D eigenvalue weighted by Gasteiger charge is 2.44. The molecule has 5 heterocycles. The van der Waals surface area contributed by atoms with E-state index in [4.69, 9.17) is 10.1 Å². The van der Waals surface area contributed by atoms with Gasteiger partial charge in [0.1, 0.15) is 6.04 Å². The molecule has 3 aromatic heterocycles. The minimum atomic E-state index is -0.969. The lowest BCUT2D eigenvalue weighted by Crippen LogP contribution is -2.54. The number of carbonyl (C=O) groups is 4. The van der Waals surface area contributed by atoms with Crippen molar-refractivity contribution < 1.29 is 19.2 Å². The summed E-state index contributed by atoms with van der Waals surface area (Å²) in [4.78, 5) is 56.1. The number of nitrogens with zero attached hydrogens (tertiary/aromatic N) is 6. The molecule has 1 atom stereocenters. The molecule has 0 spiro atoms. The van der Waals surface area contributed by atoms with Gasteiger partial charge >= 0.3 is 0 Å². The van der Waals surface area contributed by atoms with Crippen molar-refractivity contribution in [1.82, 2.24) is 34.8 Å². The van der Waals surface area contributed by atoms with Gasteiger partial charge in [0, 0.05) is 47.8 Å². The number of piperidine rings is 1. The number of hydrogen-bond acceptors (Lipinski definition) is 8. The summed E-state index contributed by atoms with van der Waals surface area (Å²) in [5.41, 5.74) is 5.40. The Labute approximate surface area is 259 Å². The van der Waals surface area contributed by atoms with Crippen LogP contribution < -0.4 is 10.6 Å². The molecule has 0 radical (unpaired) electrons. The summed E-state index contributed by atoms with van der Waals surface area (Å²) in [6.07, 6.45) is 8.56. The molecule has 3 fully saturated rings. The van der Waals surface area contributed by atoms with E-state index >= 15 is 0 Å². The Morgan fingerprint density at radius 2 is 1.78 bits per heavy atom. The Balaban J connectivity index is 0.930. The maximum absolute atomic E-state index is 13.2. The second-order valence-electron chi connectivity index (χ2n) is 13.1. The molecule has 2 aliphatic heterocycles. The second-order valence-corrected chi connectivity index (χ2v) is 13.1. The predicted molar refractivity (Wildman–Crippen MR) is 164 cm³/mol. The fourth-order valence-corrected chi connectivity index (χ4v) is 6.83. The van der Waals surface area contributed by atoms with Crippen molar-refractivity contribution >= 4 is 40.3 Å². The van der Waals surface area contributed by atoms with Crippen molar-refractivity contribution in [2.45, 2.75) is 76.4 Å². The molecule has 12 heteroatoms. The lowest BCUT2D eigenvalue weighted by Gasteiger charge is -2.35. The van der Waals surface area contributed by atoms with Gasteiger partial charge in [-0.25, -0.2) is 9.67 Å². The molecule has 2 N–H and O–H groups in total. The van der Waals surface area contributed by atoms with Gasteiger partial charge in [-0.05, 0) is 82.2 Å². The van der Waals surface area contributed by atoms with Gasteiger partial charge in [-0.3, -0.25) is 34.1 Å². The van der Waals surface area contributed by atoms with Gasteiger partial charge in [-0.1, -0.05) is 0 Å². The van der Waals surface area contributed by atoms with Crippen molar-refractivity contribution in [2.75, 3.05) is 11.9 Å². The molecule has 1 unspecified atom stereocenters. The number of aromatic nitrogens is 5. The molecule has 4 aliphatic rings. The normalized spacial score (nSPS) is 23.1. The number of hydrogen-bond donors (Lipinski definition) is 2. The van der Waals surface area contributed by atoms with Crippen LogP contribution in [0.3, 0.4) is 0 Å². The monoisotopic (exact) mass is 606 g/mol. The Hall–Kier alpha value is -4.87. The van der Waals surface area contributed by atoms with Crippen LogP contribution in [0, 0.1) is 5.92 Å². The highest BCUT2D eigenvalue weighted by atomic mass is 16.2. The van der Waals surface area contributed by atoms with E-state index in [-0.39, 0.29) is 30.0 Å². The van der Waals surface area contributed by atoms with Crippen LogP contribution >= 0.6 is 0 Å². The van der Waals surface area contributed by atoms with Crippen LogP contribution in [-0.4, -0.2) is 65.7 Å². The van der Waals surface area contributed by atoms with E-state index in [1.54, 1.807) is 18.2 Å². The highest BCUT2D eigenvalue weighted by Crippen LogP contribution is 2.46. The third-order valence-corrected chi connectivity index (χ3v) is 9.55. The van der Waals surface area contributed by atoms with Crippen molar-refractivity contribution in [3.05, 3.63) is 59.5 Å². The second kappa shape index (κ2) is 10.4. The lowest BCUT2D eigenvalue weighted by atomic mass is 9.80. The van der Waals surface area contributed by atoms with E-state index in [2.05, 4.69) is 52.6 Å². The zero-order chi connectivity index (χ0) is 31.0. The van der Waals surface area contributed by atoms with Crippen LogP contribution in [0.15, 0.2) is 42.7 Å². The maximum Gasteiger partial charge on any atom is 0.262 e. The third kappa shape index (κ3) is 4.70. The van der Waals surface area contributed by atoms with Gasteiger partial charge in [0.15, 0.2) is 5.65 Å². The van der Waals surface area contributed by atoms with Crippen LogP contribution in [0.4, 0.5) is 5.69 Å². The zero-order valence-corrected chi connectivity index (χ0v) is 25.2. The van der Waals surface area contributed by atoms with Gasteiger partial charge in [-0.15, -0.1) is 0 Å². The van der Waals surface area contributed by atoms with Gasteiger partial charge in [-0.2, -0.15) is 10.2 Å². The molecule has 1 aromatic carbocycles. The molecule has 8 rings (SSSR count). The summed E-state index contributed by atoms with van der Waals surface area (Å²) in [5.74, 6) is -1.07. The number of anilines is 1. The quantitative estimate of drug-likeness (QED) is 0.284. The molecule has 1 saturated heterocycles. The summed E-state index contributed by atoms with van der Waals surface area (Å²) >= 11 is 0. The van der Waals surface area contributed by atoms with Crippen LogP contribution in [-0.2, 0) is 9.59 Å². The summed E-state index contributed by atoms with van der Waals surface area (Å²) in [7, 11) is 0. The molecule has 45 heavy (non-hydrogen) atoms. The average Bonchev–Trinajstić information content (AvgIpc) is 3.52. The molecule has 2 saturated carbocycles. The summed E-state index contributed by atoms with van der Waals surface area (Å²) in [5, 5.41) is 16.3. The van der Waals surface area contributed by atoms with E-state index in [0.29, 0.717) is 17.9 Å². The van der Waals surface area contributed by atoms with Crippen molar-refractivity contribution in [3.63, 3.8) is 0 Å². The molecule has 12 nitrogen and oxygen atoms in total. The molecule has 2 aliphatic carbocycles. The van der Waals surface area contributed by atoms with Crippen molar-refractivity contribution in [1.29, 1.82) is 0 Å². The van der Waals surface area contributed by atoms with Gasteiger partial charge < -0.3 is 5.32 Å². The Morgan fingerprint density at radius 3 is 2.53 bits per heavy atom. The molecular formula is C33H34N8O4. The molecule has 4 amide bonds. The van der Waals surface area contributed by atoms with Gasteiger partial charge in [0.25, 0.3) is 11.8 Å². The number of carbonyl (C=O) groups excluding carboxylic acids is 4. The van der Waals surface area contributed by atoms with E-state index in [9.17, 15) is 19.2 Å². The first-order chi connectivity index (χ1) is 21.7. The van der Waals surface area contributed by atoms with Crippen molar-refractivity contribution in [3.8, 4) is 11.3 Å². The van der Waals surface area contributed by atoms with E-state index in [1.165, 1.54) is 0 Å². The summed E-state index contributed by atoms with van der Waals surface area (Å²) < 4.78 is 4.10. The van der Waals surface area contributed by atoms with Crippen LogP contribution in [0.2, 0.25) is 0 Å². The Bertz CT molecular complexity index is 1900. The Kier molecular flexibility index (Phi) is 6.36. The van der Waals surface area contributed by atoms with Crippen LogP contribution in [0.25, 0.3) is 22.3 Å². The summed E-state index contributed by atoms with van der Waals surface area (Å²) in [6, 6.07) is 8.87. The van der Waals surface area contributed by atoms with E-state index < -0.39 is 29.7 Å². The average molecular weight is 607 g/mol. The first-order valence-electron chi connectivity index (χ1n) is 15.8. The van der Waals surface area contributed by atoms with E-state index in [0.717, 1.165) is 70.8 Å². The molecule has 230 valence electrons. The summed E-state index contributed by atoms with van der Waals surface area (Å²) in [6.45, 7) is 4.95. The molecule has 4 aromatic rings. The Morgan fingerprint density at radius 1 is 0.978 bits per heavy atom. The number of nitrogens with one attached hydrogen (secondary N) is 2. The topological polar surface area (TPSA) is 144 Å². The van der Waals surface area contributed by atoms with Crippen LogP contribution in [0.5, 0.6) is 0 Å². The minimum absolute atomic E-state index is 0.0954. The van der Waals surface area contributed by atoms with Gasteiger partial charge in [0.05, 0.1) is 34.8 Å². The van der Waals surface area contributed by atoms with E-state index in [1.807, 2.05) is 10.9 Å². The number of rotatable bonds is 8. The highest BCUT2D eigenvalue weighted by molar-refractivity contribution is 6.23.